The van der Waals surface area contributed by atoms with E-state index in [0.29, 0.717) is 32.5 Å². The van der Waals surface area contributed by atoms with Gasteiger partial charge in [-0.3, -0.25) is 9.59 Å². The van der Waals surface area contributed by atoms with Crippen LogP contribution in [0.3, 0.4) is 0 Å². The Balaban J connectivity index is 2.26. The number of rotatable bonds is 6. The monoisotopic (exact) mass is 270 g/mol. The summed E-state index contributed by atoms with van der Waals surface area (Å²) in [6, 6.07) is 0. The molecule has 2 N–H and O–H groups in total. The Labute approximate surface area is 115 Å². The predicted octanol–water partition coefficient (Wildman–Crippen LogP) is 1.34. The summed E-state index contributed by atoms with van der Waals surface area (Å²) in [6.07, 6.45) is 2.21. The maximum atomic E-state index is 12.0. The lowest BCUT2D eigenvalue weighted by Gasteiger charge is -2.31. The van der Waals surface area contributed by atoms with Gasteiger partial charge in [0.25, 0.3) is 0 Å². The minimum atomic E-state index is -0.741. The first kappa shape index (κ1) is 16.0. The smallest absolute Gasteiger partial charge is 0.306 e. The molecule has 110 valence electrons. The predicted molar refractivity (Wildman–Crippen MR) is 73.9 cm³/mol. The van der Waals surface area contributed by atoms with Crippen LogP contribution in [0.1, 0.15) is 40.0 Å². The molecule has 1 rings (SSSR count). The van der Waals surface area contributed by atoms with Gasteiger partial charge >= 0.3 is 5.97 Å². The molecule has 0 aromatic carbocycles. The van der Waals surface area contributed by atoms with E-state index >= 15 is 0 Å². The molecule has 1 heterocycles. The van der Waals surface area contributed by atoms with Gasteiger partial charge in [0.1, 0.15) is 0 Å². The zero-order chi connectivity index (χ0) is 14.5. The van der Waals surface area contributed by atoms with Crippen molar-refractivity contribution in [3.63, 3.8) is 0 Å². The Morgan fingerprint density at radius 2 is 1.89 bits per heavy atom. The number of nitrogens with one attached hydrogen (secondary N) is 1. The second-order valence-electron chi connectivity index (χ2n) is 6.11. The molecule has 5 nitrogen and oxygen atoms in total. The standard InChI is InChI=1S/C14H26N2O3/c1-4-14(2,3)10-15-9-12(17)16-7-5-11(6-8-16)13(18)19/h11,15H,4-10H2,1-3H3,(H,18,19). The van der Waals surface area contributed by atoms with E-state index in [9.17, 15) is 9.59 Å². The molecule has 1 amide bonds. The first-order valence-electron chi connectivity index (χ1n) is 7.07. The molecule has 0 aromatic heterocycles. The molecule has 1 aliphatic rings. The molecule has 0 aliphatic carbocycles. The fourth-order valence-corrected chi connectivity index (χ4v) is 2.12. The second-order valence-corrected chi connectivity index (χ2v) is 6.11. The fourth-order valence-electron chi connectivity index (χ4n) is 2.12. The van der Waals surface area contributed by atoms with Crippen LogP contribution in [0.2, 0.25) is 0 Å². The lowest BCUT2D eigenvalue weighted by Crippen LogP contribution is -2.45. The number of likely N-dealkylation sites (tertiary alicyclic amines) is 1. The zero-order valence-corrected chi connectivity index (χ0v) is 12.2. The SMILES string of the molecule is CCC(C)(C)CNCC(=O)N1CCC(C(=O)O)CC1. The van der Waals surface area contributed by atoms with Crippen LogP contribution in [0, 0.1) is 11.3 Å². The van der Waals surface area contributed by atoms with Crippen LogP contribution in [0.4, 0.5) is 0 Å². The third kappa shape index (κ3) is 5.19. The fraction of sp³-hybridized carbons (Fsp3) is 0.857. The van der Waals surface area contributed by atoms with Crippen LogP contribution in [0.5, 0.6) is 0 Å². The molecular weight excluding hydrogens is 244 g/mol. The number of carboxylic acid groups (broad SMARTS) is 1. The Hall–Kier alpha value is -1.10. The van der Waals surface area contributed by atoms with Crippen molar-refractivity contribution in [1.29, 1.82) is 0 Å². The summed E-state index contributed by atoms with van der Waals surface area (Å²) in [5.74, 6) is -0.943. The topological polar surface area (TPSA) is 69.6 Å². The number of carbonyl (C=O) groups excluding carboxylic acids is 1. The van der Waals surface area contributed by atoms with Gasteiger partial charge in [-0.1, -0.05) is 20.8 Å². The number of hydrogen-bond donors (Lipinski definition) is 2. The van der Waals surface area contributed by atoms with E-state index in [2.05, 4.69) is 26.1 Å². The summed E-state index contributed by atoms with van der Waals surface area (Å²) in [6.45, 7) is 8.77. The minimum Gasteiger partial charge on any atom is -0.481 e. The average Bonchev–Trinajstić information content (AvgIpc) is 2.38. The molecule has 1 saturated heterocycles. The molecule has 0 spiro atoms. The molecule has 1 aliphatic heterocycles. The quantitative estimate of drug-likeness (QED) is 0.764. The summed E-state index contributed by atoms with van der Waals surface area (Å²) in [5.41, 5.74) is 0.205. The number of piperidine rings is 1. The van der Waals surface area contributed by atoms with Gasteiger partial charge in [-0.05, 0) is 24.7 Å². The van der Waals surface area contributed by atoms with E-state index in [1.54, 1.807) is 4.90 Å². The van der Waals surface area contributed by atoms with Gasteiger partial charge < -0.3 is 15.3 Å². The van der Waals surface area contributed by atoms with Crippen LogP contribution >= 0.6 is 0 Å². The summed E-state index contributed by atoms with van der Waals surface area (Å²) in [4.78, 5) is 24.6. The van der Waals surface area contributed by atoms with Gasteiger partial charge in [0.05, 0.1) is 12.5 Å². The van der Waals surface area contributed by atoms with Crippen molar-refractivity contribution in [1.82, 2.24) is 10.2 Å². The van der Waals surface area contributed by atoms with Gasteiger partial charge in [-0.15, -0.1) is 0 Å². The second kappa shape index (κ2) is 6.89. The Morgan fingerprint density at radius 1 is 1.32 bits per heavy atom. The van der Waals surface area contributed by atoms with Crippen LogP contribution in [-0.4, -0.2) is 48.1 Å². The number of hydrogen-bond acceptors (Lipinski definition) is 3. The molecule has 0 unspecified atom stereocenters. The summed E-state index contributed by atoms with van der Waals surface area (Å²) >= 11 is 0. The van der Waals surface area contributed by atoms with Gasteiger partial charge in [-0.2, -0.15) is 0 Å². The highest BCUT2D eigenvalue weighted by atomic mass is 16.4. The lowest BCUT2D eigenvalue weighted by atomic mass is 9.90. The zero-order valence-electron chi connectivity index (χ0n) is 12.2. The molecule has 0 radical (unpaired) electrons. The highest BCUT2D eigenvalue weighted by molar-refractivity contribution is 5.78. The molecular formula is C14H26N2O3. The van der Waals surface area contributed by atoms with Crippen LogP contribution in [-0.2, 0) is 9.59 Å². The van der Waals surface area contributed by atoms with E-state index in [1.807, 2.05) is 0 Å². The third-order valence-electron chi connectivity index (χ3n) is 4.03. The first-order chi connectivity index (χ1) is 8.85. The van der Waals surface area contributed by atoms with E-state index < -0.39 is 5.97 Å². The van der Waals surface area contributed by atoms with Crippen molar-refractivity contribution in [2.45, 2.75) is 40.0 Å². The average molecular weight is 270 g/mol. The number of aliphatic carboxylic acids is 1. The van der Waals surface area contributed by atoms with Gasteiger partial charge in [0.2, 0.25) is 5.91 Å². The van der Waals surface area contributed by atoms with Crippen molar-refractivity contribution < 1.29 is 14.7 Å². The Kier molecular flexibility index (Phi) is 5.79. The molecule has 0 bridgehead atoms. The number of carbonyl (C=O) groups is 2. The number of nitrogens with zero attached hydrogens (tertiary/aromatic N) is 1. The van der Waals surface area contributed by atoms with E-state index in [0.717, 1.165) is 13.0 Å². The van der Waals surface area contributed by atoms with E-state index in [1.165, 1.54) is 0 Å². The van der Waals surface area contributed by atoms with Crippen molar-refractivity contribution in [2.24, 2.45) is 11.3 Å². The normalized spacial score (nSPS) is 17.5. The molecule has 1 fully saturated rings. The van der Waals surface area contributed by atoms with Crippen LogP contribution in [0.25, 0.3) is 0 Å². The highest BCUT2D eigenvalue weighted by Gasteiger charge is 2.26. The van der Waals surface area contributed by atoms with E-state index in [4.69, 9.17) is 5.11 Å². The van der Waals surface area contributed by atoms with Gasteiger partial charge in [0, 0.05) is 19.6 Å². The maximum absolute atomic E-state index is 12.0. The summed E-state index contributed by atoms with van der Waals surface area (Å²) in [7, 11) is 0. The summed E-state index contributed by atoms with van der Waals surface area (Å²) in [5, 5.41) is 12.1. The van der Waals surface area contributed by atoms with E-state index in [-0.39, 0.29) is 17.2 Å². The summed E-state index contributed by atoms with van der Waals surface area (Å²) < 4.78 is 0. The molecule has 5 heteroatoms. The van der Waals surface area contributed by atoms with Gasteiger partial charge in [-0.25, -0.2) is 0 Å². The highest BCUT2D eigenvalue weighted by Crippen LogP contribution is 2.18. The van der Waals surface area contributed by atoms with Crippen LogP contribution in [0.15, 0.2) is 0 Å². The van der Waals surface area contributed by atoms with Crippen molar-refractivity contribution >= 4 is 11.9 Å². The number of carboxylic acids is 1. The van der Waals surface area contributed by atoms with Crippen LogP contribution < -0.4 is 5.32 Å². The van der Waals surface area contributed by atoms with Crippen molar-refractivity contribution in [3.8, 4) is 0 Å². The maximum Gasteiger partial charge on any atom is 0.306 e. The van der Waals surface area contributed by atoms with Crippen molar-refractivity contribution in [2.75, 3.05) is 26.2 Å². The third-order valence-corrected chi connectivity index (χ3v) is 4.03. The molecule has 0 saturated carbocycles. The van der Waals surface area contributed by atoms with Crippen molar-refractivity contribution in [3.05, 3.63) is 0 Å². The Bertz CT molecular complexity index is 321. The number of amides is 1. The minimum absolute atomic E-state index is 0.0794. The molecule has 0 atom stereocenters. The van der Waals surface area contributed by atoms with Gasteiger partial charge in [0.15, 0.2) is 0 Å². The lowest BCUT2D eigenvalue weighted by molar-refractivity contribution is -0.145. The molecule has 19 heavy (non-hydrogen) atoms. The largest absolute Gasteiger partial charge is 0.481 e. The Morgan fingerprint density at radius 3 is 2.37 bits per heavy atom. The molecule has 0 aromatic rings. The first-order valence-corrected chi connectivity index (χ1v) is 7.07.